The number of allylic oxidation sites excluding steroid dienone is 1. The van der Waals surface area contributed by atoms with Crippen molar-refractivity contribution in [2.24, 2.45) is 0 Å². The van der Waals surface area contributed by atoms with Crippen LogP contribution >= 0.6 is 11.6 Å². The molecular weight excluding hydrogens is 276 g/mol. The van der Waals surface area contributed by atoms with Gasteiger partial charge in [0.05, 0.1) is 0 Å². The van der Waals surface area contributed by atoms with Gasteiger partial charge >= 0.3 is 0 Å². The Hall–Kier alpha value is 0.0300. The fourth-order valence-electron chi connectivity index (χ4n) is 2.87. The molecule has 0 rings (SSSR count). The molecular formula is C20H39Cl. The molecule has 0 saturated heterocycles. The lowest BCUT2D eigenvalue weighted by atomic mass is 10.0. The predicted octanol–water partition coefficient (Wildman–Crippen LogP) is 8.39. The van der Waals surface area contributed by atoms with Crippen LogP contribution < -0.4 is 0 Å². The molecule has 0 amide bonds. The van der Waals surface area contributed by atoms with Crippen molar-refractivity contribution in [2.75, 3.05) is 0 Å². The van der Waals surface area contributed by atoms with Crippen LogP contribution in [0.25, 0.3) is 0 Å². The molecule has 126 valence electrons. The van der Waals surface area contributed by atoms with Gasteiger partial charge in [0.25, 0.3) is 0 Å². The summed E-state index contributed by atoms with van der Waals surface area (Å²) in [7, 11) is 0. The molecule has 0 aliphatic heterocycles. The molecule has 0 heterocycles. The highest BCUT2D eigenvalue weighted by Gasteiger charge is 1.94. The number of hydrogen-bond donors (Lipinski definition) is 0. The Bertz CT molecular complexity index is 198. The summed E-state index contributed by atoms with van der Waals surface area (Å²) in [6.07, 6.45) is 26.2. The first kappa shape index (κ1) is 21.0. The lowest BCUT2D eigenvalue weighted by Gasteiger charge is -2.03. The zero-order valence-electron chi connectivity index (χ0n) is 14.6. The first-order chi connectivity index (χ1) is 10.4. The summed E-state index contributed by atoms with van der Waals surface area (Å²) in [6, 6.07) is 0. The summed E-state index contributed by atoms with van der Waals surface area (Å²) < 4.78 is 0. The maximum absolute atomic E-state index is 5.49. The first-order valence-electron chi connectivity index (χ1n) is 9.67. The third-order valence-corrected chi connectivity index (χ3v) is 4.49. The van der Waals surface area contributed by atoms with Gasteiger partial charge in [0.15, 0.2) is 0 Å². The second kappa shape index (κ2) is 20.0. The molecule has 0 fully saturated rings. The third-order valence-electron chi connectivity index (χ3n) is 4.31. The van der Waals surface area contributed by atoms with Crippen molar-refractivity contribution in [1.29, 1.82) is 0 Å². The average molecular weight is 315 g/mol. The van der Waals surface area contributed by atoms with Crippen molar-refractivity contribution in [2.45, 2.75) is 116 Å². The van der Waals surface area contributed by atoms with Crippen molar-refractivity contribution >= 4 is 11.6 Å². The molecule has 0 unspecified atom stereocenters. The van der Waals surface area contributed by atoms with Gasteiger partial charge in [-0.05, 0) is 12.8 Å². The maximum Gasteiger partial charge on any atom is 0.000245 e. The summed E-state index contributed by atoms with van der Waals surface area (Å²) >= 11 is 5.49. The fourth-order valence-corrected chi connectivity index (χ4v) is 3.00. The predicted molar refractivity (Wildman–Crippen MR) is 99.2 cm³/mol. The summed E-state index contributed by atoms with van der Waals surface area (Å²) in [5.41, 5.74) is 1.64. The van der Waals surface area contributed by atoms with Gasteiger partial charge in [-0.25, -0.2) is 0 Å². The van der Waals surface area contributed by atoms with Crippen molar-refractivity contribution in [3.05, 3.63) is 11.6 Å². The van der Waals surface area contributed by atoms with Crippen molar-refractivity contribution in [1.82, 2.24) is 0 Å². The minimum atomic E-state index is 1.15. The zero-order chi connectivity index (χ0) is 15.4. The first-order valence-corrected chi connectivity index (χ1v) is 10.1. The van der Waals surface area contributed by atoms with Gasteiger partial charge in [0.1, 0.15) is 0 Å². The van der Waals surface area contributed by atoms with Crippen molar-refractivity contribution in [3.63, 3.8) is 0 Å². The molecule has 0 radical (unpaired) electrons. The molecule has 0 spiro atoms. The summed E-state index contributed by atoms with van der Waals surface area (Å²) in [4.78, 5) is 0. The summed E-state index contributed by atoms with van der Waals surface area (Å²) in [6.45, 7) is 2.29. The lowest BCUT2D eigenvalue weighted by Crippen LogP contribution is -1.83. The van der Waals surface area contributed by atoms with E-state index in [4.69, 9.17) is 11.6 Å². The molecule has 0 aromatic heterocycles. The molecule has 0 aromatic carbocycles. The van der Waals surface area contributed by atoms with Crippen LogP contribution in [0.1, 0.15) is 116 Å². The van der Waals surface area contributed by atoms with Gasteiger partial charge in [0, 0.05) is 5.54 Å². The Kier molecular flexibility index (Phi) is 20.1. The normalized spacial score (nSPS) is 11.5. The Balaban J connectivity index is 2.93. The van der Waals surface area contributed by atoms with Crippen LogP contribution in [0.3, 0.4) is 0 Å². The Morgan fingerprint density at radius 3 is 1.19 bits per heavy atom. The van der Waals surface area contributed by atoms with Crippen LogP contribution in [0.5, 0.6) is 0 Å². The molecule has 21 heavy (non-hydrogen) atoms. The van der Waals surface area contributed by atoms with E-state index in [0.717, 1.165) is 6.42 Å². The highest BCUT2D eigenvalue weighted by Crippen LogP contribution is 2.14. The van der Waals surface area contributed by atoms with Crippen LogP contribution in [0.2, 0.25) is 0 Å². The second-order valence-electron chi connectivity index (χ2n) is 6.45. The lowest BCUT2D eigenvalue weighted by molar-refractivity contribution is 0.530. The Morgan fingerprint density at radius 1 is 0.524 bits per heavy atom. The fraction of sp³-hybridized carbons (Fsp3) is 0.900. The standard InChI is InChI=1S/C20H39Cl/c1-2-3-4-5-6-7-8-9-10-11-12-13-14-15-16-17-18-19-20-21/h19-20H,2-18H2,1H3/b20-19+. The van der Waals surface area contributed by atoms with Gasteiger partial charge in [-0.2, -0.15) is 0 Å². The van der Waals surface area contributed by atoms with Crippen LogP contribution in [0.4, 0.5) is 0 Å². The second-order valence-corrected chi connectivity index (χ2v) is 6.71. The van der Waals surface area contributed by atoms with E-state index in [2.05, 4.69) is 13.0 Å². The van der Waals surface area contributed by atoms with Gasteiger partial charge in [-0.3, -0.25) is 0 Å². The molecule has 0 N–H and O–H groups in total. The molecule has 0 nitrogen and oxygen atoms in total. The van der Waals surface area contributed by atoms with Crippen LogP contribution in [0.15, 0.2) is 11.6 Å². The molecule has 0 aromatic rings. The monoisotopic (exact) mass is 314 g/mol. The zero-order valence-corrected chi connectivity index (χ0v) is 15.3. The van der Waals surface area contributed by atoms with E-state index in [1.165, 1.54) is 103 Å². The SMILES string of the molecule is CCCCCCCCCCCCCCCCCC/C=C/Cl. The number of unbranched alkanes of at least 4 members (excludes halogenated alkanes) is 16. The molecule has 0 aliphatic carbocycles. The van der Waals surface area contributed by atoms with Crippen LogP contribution in [0, 0.1) is 0 Å². The minimum absolute atomic E-state index is 1.15. The Morgan fingerprint density at radius 2 is 0.857 bits per heavy atom. The number of halogens is 1. The molecule has 0 bridgehead atoms. The molecule has 1 heteroatoms. The average Bonchev–Trinajstić information content (AvgIpc) is 2.50. The van der Waals surface area contributed by atoms with E-state index in [1.54, 1.807) is 5.54 Å². The van der Waals surface area contributed by atoms with E-state index in [0.29, 0.717) is 0 Å². The van der Waals surface area contributed by atoms with Crippen molar-refractivity contribution in [3.8, 4) is 0 Å². The highest BCUT2D eigenvalue weighted by atomic mass is 35.5. The summed E-state index contributed by atoms with van der Waals surface area (Å²) in [5, 5.41) is 0. The third kappa shape index (κ3) is 20.0. The maximum atomic E-state index is 5.49. The van der Waals surface area contributed by atoms with Crippen LogP contribution in [-0.2, 0) is 0 Å². The smallest absolute Gasteiger partial charge is 0.000245 e. The Labute approximate surface area is 139 Å². The summed E-state index contributed by atoms with van der Waals surface area (Å²) in [5.74, 6) is 0. The van der Waals surface area contributed by atoms with Crippen LogP contribution in [-0.4, -0.2) is 0 Å². The highest BCUT2D eigenvalue weighted by molar-refractivity contribution is 6.25. The van der Waals surface area contributed by atoms with Crippen molar-refractivity contribution < 1.29 is 0 Å². The largest absolute Gasteiger partial charge is 0.0933 e. The van der Waals surface area contributed by atoms with Gasteiger partial charge < -0.3 is 0 Å². The van der Waals surface area contributed by atoms with Gasteiger partial charge in [-0.1, -0.05) is 121 Å². The van der Waals surface area contributed by atoms with E-state index in [9.17, 15) is 0 Å². The van der Waals surface area contributed by atoms with Gasteiger partial charge in [0.2, 0.25) is 0 Å². The van der Waals surface area contributed by atoms with Gasteiger partial charge in [-0.15, -0.1) is 0 Å². The molecule has 0 saturated carbocycles. The van der Waals surface area contributed by atoms with E-state index >= 15 is 0 Å². The molecule has 0 atom stereocenters. The van der Waals surface area contributed by atoms with E-state index in [-0.39, 0.29) is 0 Å². The quantitative estimate of drug-likeness (QED) is 0.236. The molecule has 0 aliphatic rings. The number of rotatable bonds is 17. The minimum Gasteiger partial charge on any atom is -0.0933 e. The number of hydrogen-bond acceptors (Lipinski definition) is 0. The topological polar surface area (TPSA) is 0 Å². The van der Waals surface area contributed by atoms with E-state index < -0.39 is 0 Å². The van der Waals surface area contributed by atoms with E-state index in [1.807, 2.05) is 0 Å².